The van der Waals surface area contributed by atoms with Crippen molar-refractivity contribution in [2.75, 3.05) is 25.1 Å². The molecule has 3 amide bonds. The molecule has 4 N–H and O–H groups in total. The van der Waals surface area contributed by atoms with Crippen LogP contribution in [0.5, 0.6) is 5.75 Å². The normalized spacial score (nSPS) is 11.7. The van der Waals surface area contributed by atoms with Gasteiger partial charge in [0.2, 0.25) is 5.91 Å². The number of nitro groups is 1. The summed E-state index contributed by atoms with van der Waals surface area (Å²) < 4.78 is 10.7. The summed E-state index contributed by atoms with van der Waals surface area (Å²) in [6, 6.07) is 6.25. The molecule has 2 aromatic rings. The molecule has 0 aromatic heterocycles. The molecule has 0 spiro atoms. The third-order valence-electron chi connectivity index (χ3n) is 4.44. The summed E-state index contributed by atoms with van der Waals surface area (Å²) in [6.07, 6.45) is -0.630. The van der Waals surface area contributed by atoms with Gasteiger partial charge in [0, 0.05) is 17.2 Å². The molecule has 1 atom stereocenters. The van der Waals surface area contributed by atoms with Crippen LogP contribution in [-0.4, -0.2) is 59.3 Å². The lowest BCUT2D eigenvalue weighted by Gasteiger charge is -2.20. The average molecular weight is 557 g/mol. The van der Waals surface area contributed by atoms with Gasteiger partial charge in [0.1, 0.15) is 24.0 Å². The van der Waals surface area contributed by atoms with Crippen molar-refractivity contribution in [3.05, 3.63) is 62.1 Å². The van der Waals surface area contributed by atoms with Crippen LogP contribution >= 0.6 is 23.2 Å². The Hall–Kier alpha value is -3.61. The first-order valence-electron chi connectivity index (χ1n) is 10.9. The van der Waals surface area contributed by atoms with Crippen LogP contribution in [0.1, 0.15) is 31.1 Å². The molecular weight excluding hydrogens is 531 g/mol. The van der Waals surface area contributed by atoms with Gasteiger partial charge in [-0.05, 0) is 45.0 Å². The van der Waals surface area contributed by atoms with Crippen molar-refractivity contribution in [1.29, 1.82) is 0 Å². The molecule has 2 rings (SSSR count). The molecule has 2 aromatic carbocycles. The second kappa shape index (κ2) is 13.1. The highest BCUT2D eigenvalue weighted by atomic mass is 35.5. The molecule has 14 heteroatoms. The maximum atomic E-state index is 12.9. The van der Waals surface area contributed by atoms with Gasteiger partial charge in [-0.1, -0.05) is 23.2 Å². The fraction of sp³-hybridized carbons (Fsp3) is 0.348. The van der Waals surface area contributed by atoms with Gasteiger partial charge in [-0.2, -0.15) is 0 Å². The van der Waals surface area contributed by atoms with E-state index in [9.17, 15) is 29.6 Å². The van der Waals surface area contributed by atoms with E-state index >= 15 is 0 Å². The molecule has 0 unspecified atom stereocenters. The summed E-state index contributed by atoms with van der Waals surface area (Å²) >= 11 is 12.0. The number of alkyl carbamates (subject to hydrolysis) is 1. The number of carbonyl (C=O) groups is 3. The second-order valence-electron chi connectivity index (χ2n) is 8.54. The van der Waals surface area contributed by atoms with Crippen LogP contribution in [0, 0.1) is 10.1 Å². The Morgan fingerprint density at radius 1 is 1.14 bits per heavy atom. The molecule has 0 fully saturated rings. The smallest absolute Gasteiger partial charge is 0.407 e. The molecule has 37 heavy (non-hydrogen) atoms. The topological polar surface area (TPSA) is 169 Å². The number of non-ortho nitro benzene ring substituents is 1. The third-order valence-corrected chi connectivity index (χ3v) is 4.99. The molecule has 0 saturated carbocycles. The number of aliphatic hydroxyl groups excluding tert-OH is 1. The summed E-state index contributed by atoms with van der Waals surface area (Å²) in [5.74, 6) is -1.48. The average Bonchev–Trinajstić information content (AvgIpc) is 2.80. The standard InChI is InChI=1S/C23H26Cl2N4O8/c1-23(2,3)37-22(33)26-8-9-36-19-7-4-13(24)10-15(19)20(31)28-18(12-30)21(32)27-17-6-5-14(29(34)35)11-16(17)25/h4-7,10-11,18,30H,8-9,12H2,1-3H3,(H,26,33)(H,27,32)(H,28,31)/t18-/m0/s1. The Balaban J connectivity index is 2.04. The van der Waals surface area contributed by atoms with Crippen molar-refractivity contribution in [2.45, 2.75) is 32.4 Å². The number of amides is 3. The predicted molar refractivity (Wildman–Crippen MR) is 136 cm³/mol. The van der Waals surface area contributed by atoms with Crippen LogP contribution in [0.4, 0.5) is 16.2 Å². The van der Waals surface area contributed by atoms with Crippen molar-refractivity contribution in [1.82, 2.24) is 10.6 Å². The van der Waals surface area contributed by atoms with Gasteiger partial charge in [0.25, 0.3) is 11.6 Å². The van der Waals surface area contributed by atoms with E-state index in [2.05, 4.69) is 16.0 Å². The Labute approximate surface area is 222 Å². The molecule has 0 saturated heterocycles. The van der Waals surface area contributed by atoms with Crippen LogP contribution in [0.3, 0.4) is 0 Å². The van der Waals surface area contributed by atoms with E-state index in [4.69, 9.17) is 32.7 Å². The van der Waals surface area contributed by atoms with Gasteiger partial charge in [-0.3, -0.25) is 19.7 Å². The molecule has 0 bridgehead atoms. The maximum Gasteiger partial charge on any atom is 0.407 e. The van der Waals surface area contributed by atoms with Gasteiger partial charge < -0.3 is 30.5 Å². The minimum atomic E-state index is -1.40. The number of hydrogen-bond donors (Lipinski definition) is 4. The fourth-order valence-electron chi connectivity index (χ4n) is 2.80. The molecule has 0 heterocycles. The maximum absolute atomic E-state index is 12.9. The number of rotatable bonds is 10. The molecule has 0 aliphatic heterocycles. The van der Waals surface area contributed by atoms with Gasteiger partial charge in [0.15, 0.2) is 0 Å². The number of aliphatic hydroxyl groups is 1. The first-order chi connectivity index (χ1) is 17.3. The predicted octanol–water partition coefficient (Wildman–Crippen LogP) is 3.53. The minimum absolute atomic E-state index is 0.0102. The fourth-order valence-corrected chi connectivity index (χ4v) is 3.20. The minimum Gasteiger partial charge on any atom is -0.491 e. The Bertz CT molecular complexity index is 1170. The van der Waals surface area contributed by atoms with E-state index in [0.717, 1.165) is 12.1 Å². The van der Waals surface area contributed by atoms with Gasteiger partial charge in [-0.25, -0.2) is 4.79 Å². The van der Waals surface area contributed by atoms with Gasteiger partial charge >= 0.3 is 6.09 Å². The Kier molecular flexibility index (Phi) is 10.5. The highest BCUT2D eigenvalue weighted by Crippen LogP contribution is 2.27. The number of carbonyl (C=O) groups excluding carboxylic acids is 3. The van der Waals surface area contributed by atoms with E-state index in [1.54, 1.807) is 20.8 Å². The third kappa shape index (κ3) is 9.41. The van der Waals surface area contributed by atoms with Gasteiger partial charge in [0.05, 0.1) is 34.3 Å². The van der Waals surface area contributed by atoms with Gasteiger partial charge in [-0.15, -0.1) is 0 Å². The number of ether oxygens (including phenoxy) is 2. The zero-order valence-electron chi connectivity index (χ0n) is 20.2. The van der Waals surface area contributed by atoms with E-state index in [1.165, 1.54) is 24.3 Å². The summed E-state index contributed by atoms with van der Waals surface area (Å²) in [6.45, 7) is 4.48. The molecule has 0 aliphatic rings. The number of nitro benzene ring substituents is 1. The van der Waals surface area contributed by atoms with Crippen molar-refractivity contribution < 1.29 is 33.9 Å². The largest absolute Gasteiger partial charge is 0.491 e. The number of nitrogens with one attached hydrogen (secondary N) is 3. The van der Waals surface area contributed by atoms with E-state index in [0.29, 0.717) is 0 Å². The Morgan fingerprint density at radius 3 is 2.43 bits per heavy atom. The zero-order chi connectivity index (χ0) is 27.8. The van der Waals surface area contributed by atoms with E-state index < -0.39 is 41.1 Å². The first kappa shape index (κ1) is 29.6. The number of hydrogen-bond acceptors (Lipinski definition) is 8. The lowest BCUT2D eigenvalue weighted by molar-refractivity contribution is -0.384. The molecule has 0 aliphatic carbocycles. The van der Waals surface area contributed by atoms with Crippen LogP contribution in [0.15, 0.2) is 36.4 Å². The summed E-state index contributed by atoms with van der Waals surface area (Å²) in [7, 11) is 0. The molecular formula is C23H26Cl2N4O8. The van der Waals surface area contributed by atoms with Crippen molar-refractivity contribution >= 4 is 52.5 Å². The Morgan fingerprint density at radius 2 is 1.84 bits per heavy atom. The highest BCUT2D eigenvalue weighted by Gasteiger charge is 2.24. The highest BCUT2D eigenvalue weighted by molar-refractivity contribution is 6.34. The summed E-state index contributed by atoms with van der Waals surface area (Å²) in [4.78, 5) is 47.5. The number of halogens is 2. The van der Waals surface area contributed by atoms with Crippen molar-refractivity contribution in [2.24, 2.45) is 0 Å². The van der Waals surface area contributed by atoms with Crippen LogP contribution in [0.25, 0.3) is 0 Å². The van der Waals surface area contributed by atoms with Crippen LogP contribution in [-0.2, 0) is 9.53 Å². The number of anilines is 1. The lowest BCUT2D eigenvalue weighted by atomic mass is 10.1. The first-order valence-corrected chi connectivity index (χ1v) is 11.6. The van der Waals surface area contributed by atoms with E-state index in [1.807, 2.05) is 0 Å². The van der Waals surface area contributed by atoms with E-state index in [-0.39, 0.29) is 45.9 Å². The zero-order valence-corrected chi connectivity index (χ0v) is 21.7. The lowest BCUT2D eigenvalue weighted by Crippen LogP contribution is -2.46. The monoisotopic (exact) mass is 556 g/mol. The summed E-state index contributed by atoms with van der Waals surface area (Å²) in [5.41, 5.74) is -0.908. The SMILES string of the molecule is CC(C)(C)OC(=O)NCCOc1ccc(Cl)cc1C(=O)N[C@@H](CO)C(=O)Nc1ccc([N+](=O)[O-])cc1Cl. The quantitative estimate of drug-likeness (QED) is 0.195. The van der Waals surface area contributed by atoms with Crippen LogP contribution in [0.2, 0.25) is 10.0 Å². The number of benzene rings is 2. The van der Waals surface area contributed by atoms with Crippen molar-refractivity contribution in [3.63, 3.8) is 0 Å². The summed E-state index contributed by atoms with van der Waals surface area (Å²) in [5, 5.41) is 27.9. The molecule has 0 radical (unpaired) electrons. The molecule has 200 valence electrons. The second-order valence-corrected chi connectivity index (χ2v) is 9.38. The van der Waals surface area contributed by atoms with Crippen molar-refractivity contribution in [3.8, 4) is 5.75 Å². The molecule has 12 nitrogen and oxygen atoms in total. The van der Waals surface area contributed by atoms with Crippen LogP contribution < -0.4 is 20.7 Å². The number of nitrogens with zero attached hydrogens (tertiary/aromatic N) is 1.